The van der Waals surface area contributed by atoms with Gasteiger partial charge in [-0.25, -0.2) is 0 Å². The molecule has 124 valence electrons. The summed E-state index contributed by atoms with van der Waals surface area (Å²) < 4.78 is 0. The molecule has 1 aliphatic carbocycles. The van der Waals surface area contributed by atoms with E-state index < -0.39 is 0 Å². The minimum atomic E-state index is 0.0124. The highest BCUT2D eigenvalue weighted by Gasteiger charge is 2.24. The lowest BCUT2D eigenvalue weighted by molar-refractivity contribution is -0.128. The molecule has 1 saturated heterocycles. The average Bonchev–Trinajstić information content (AvgIpc) is 2.95. The Balaban J connectivity index is 1.64. The minimum absolute atomic E-state index is 0.0124. The molecule has 0 unspecified atom stereocenters. The van der Waals surface area contributed by atoms with Crippen LogP contribution in [0.4, 0.5) is 0 Å². The number of carbonyl (C=O) groups is 2. The summed E-state index contributed by atoms with van der Waals surface area (Å²) >= 11 is 0. The molecule has 0 bridgehead atoms. The lowest BCUT2D eigenvalue weighted by atomic mass is 9.86. The highest BCUT2D eigenvalue weighted by Crippen LogP contribution is 2.24. The van der Waals surface area contributed by atoms with Gasteiger partial charge in [-0.05, 0) is 42.9 Å². The van der Waals surface area contributed by atoms with E-state index in [9.17, 15) is 9.59 Å². The minimum Gasteiger partial charge on any atom is -0.349 e. The maximum atomic E-state index is 12.5. The monoisotopic (exact) mass is 314 g/mol. The number of hydrogen-bond donors (Lipinski definition) is 1. The summed E-state index contributed by atoms with van der Waals surface area (Å²) in [4.78, 5) is 26.1. The number of nitrogens with one attached hydrogen (secondary N) is 1. The molecule has 2 aliphatic rings. The van der Waals surface area contributed by atoms with Gasteiger partial charge in [0.1, 0.15) is 0 Å². The van der Waals surface area contributed by atoms with Crippen molar-refractivity contribution in [1.82, 2.24) is 10.2 Å². The van der Waals surface area contributed by atoms with Crippen LogP contribution in [0.15, 0.2) is 24.3 Å². The number of benzene rings is 1. The molecular weight excluding hydrogens is 288 g/mol. The lowest BCUT2D eigenvalue weighted by Gasteiger charge is -2.29. The number of nitrogens with zero attached hydrogens (tertiary/aromatic N) is 1. The highest BCUT2D eigenvalue weighted by atomic mass is 16.2. The topological polar surface area (TPSA) is 49.4 Å². The Morgan fingerprint density at radius 3 is 2.83 bits per heavy atom. The molecule has 1 heterocycles. The third-order valence-corrected chi connectivity index (χ3v) is 5.16. The van der Waals surface area contributed by atoms with E-state index in [-0.39, 0.29) is 11.8 Å². The summed E-state index contributed by atoms with van der Waals surface area (Å²) in [5.74, 6) is 0.785. The predicted octanol–water partition coefficient (Wildman–Crippen LogP) is 3.12. The SMILES string of the molecule is C[C@@H]1CCCC[C@@H]1NC(=O)c1cccc(CN2CCCC2=O)c1. The van der Waals surface area contributed by atoms with Crippen molar-refractivity contribution in [2.45, 2.75) is 58.0 Å². The average molecular weight is 314 g/mol. The number of hydrogen-bond acceptors (Lipinski definition) is 2. The van der Waals surface area contributed by atoms with Crippen LogP contribution in [0, 0.1) is 5.92 Å². The number of carbonyl (C=O) groups excluding carboxylic acids is 2. The molecule has 1 aromatic carbocycles. The van der Waals surface area contributed by atoms with Gasteiger partial charge < -0.3 is 10.2 Å². The van der Waals surface area contributed by atoms with Gasteiger partial charge in [-0.3, -0.25) is 9.59 Å². The van der Waals surface area contributed by atoms with E-state index in [0.29, 0.717) is 30.5 Å². The molecule has 1 aromatic rings. The maximum absolute atomic E-state index is 12.5. The van der Waals surface area contributed by atoms with Crippen LogP contribution in [-0.2, 0) is 11.3 Å². The van der Waals surface area contributed by atoms with Gasteiger partial charge in [-0.15, -0.1) is 0 Å². The van der Waals surface area contributed by atoms with E-state index in [1.54, 1.807) is 0 Å². The second-order valence-corrected chi connectivity index (χ2v) is 6.96. The van der Waals surface area contributed by atoms with Crippen molar-refractivity contribution in [3.05, 3.63) is 35.4 Å². The van der Waals surface area contributed by atoms with E-state index in [1.807, 2.05) is 29.2 Å². The first-order valence-electron chi connectivity index (χ1n) is 8.81. The Morgan fingerprint density at radius 1 is 1.26 bits per heavy atom. The second-order valence-electron chi connectivity index (χ2n) is 6.96. The predicted molar refractivity (Wildman–Crippen MR) is 90.0 cm³/mol. The van der Waals surface area contributed by atoms with Crippen molar-refractivity contribution in [3.63, 3.8) is 0 Å². The molecular formula is C19H26N2O2. The summed E-state index contributed by atoms with van der Waals surface area (Å²) in [5, 5.41) is 3.20. The summed E-state index contributed by atoms with van der Waals surface area (Å²) in [6, 6.07) is 7.98. The number of rotatable bonds is 4. The highest BCUT2D eigenvalue weighted by molar-refractivity contribution is 5.94. The molecule has 3 rings (SSSR count). The molecule has 4 nitrogen and oxygen atoms in total. The van der Waals surface area contributed by atoms with Gasteiger partial charge in [-0.2, -0.15) is 0 Å². The zero-order valence-electron chi connectivity index (χ0n) is 13.9. The van der Waals surface area contributed by atoms with Crippen molar-refractivity contribution in [1.29, 1.82) is 0 Å². The van der Waals surface area contributed by atoms with Gasteiger partial charge in [0, 0.05) is 31.1 Å². The zero-order valence-corrected chi connectivity index (χ0v) is 13.9. The van der Waals surface area contributed by atoms with Crippen molar-refractivity contribution in [2.24, 2.45) is 5.92 Å². The van der Waals surface area contributed by atoms with E-state index in [1.165, 1.54) is 19.3 Å². The van der Waals surface area contributed by atoms with Crippen LogP contribution in [0.3, 0.4) is 0 Å². The van der Waals surface area contributed by atoms with Crippen molar-refractivity contribution in [2.75, 3.05) is 6.54 Å². The Morgan fingerprint density at radius 2 is 2.09 bits per heavy atom. The Bertz CT molecular complexity index is 584. The summed E-state index contributed by atoms with van der Waals surface area (Å²) in [7, 11) is 0. The molecule has 0 radical (unpaired) electrons. The quantitative estimate of drug-likeness (QED) is 0.928. The van der Waals surface area contributed by atoms with Gasteiger partial charge in [0.25, 0.3) is 5.91 Å². The Kier molecular flexibility index (Phi) is 4.99. The third kappa shape index (κ3) is 3.92. The van der Waals surface area contributed by atoms with Crippen molar-refractivity contribution >= 4 is 11.8 Å². The first-order chi connectivity index (χ1) is 11.1. The summed E-state index contributed by atoms with van der Waals surface area (Å²) in [6.45, 7) is 3.66. The van der Waals surface area contributed by atoms with Gasteiger partial charge in [0.15, 0.2) is 0 Å². The molecule has 0 spiro atoms. The smallest absolute Gasteiger partial charge is 0.251 e. The molecule has 4 heteroatoms. The normalized spacial score (nSPS) is 24.7. The van der Waals surface area contributed by atoms with Crippen LogP contribution >= 0.6 is 0 Å². The molecule has 1 saturated carbocycles. The van der Waals surface area contributed by atoms with Gasteiger partial charge in [0.05, 0.1) is 0 Å². The van der Waals surface area contributed by atoms with E-state index in [2.05, 4.69) is 12.2 Å². The molecule has 2 fully saturated rings. The molecule has 0 aromatic heterocycles. The Labute approximate surface area is 138 Å². The molecule has 2 amide bonds. The van der Waals surface area contributed by atoms with E-state index in [4.69, 9.17) is 0 Å². The fraction of sp³-hybridized carbons (Fsp3) is 0.579. The molecule has 1 aliphatic heterocycles. The number of likely N-dealkylation sites (tertiary alicyclic amines) is 1. The van der Waals surface area contributed by atoms with Crippen LogP contribution in [-0.4, -0.2) is 29.3 Å². The van der Waals surface area contributed by atoms with Crippen molar-refractivity contribution in [3.8, 4) is 0 Å². The fourth-order valence-corrected chi connectivity index (χ4v) is 3.68. The molecule has 2 atom stereocenters. The second kappa shape index (κ2) is 7.16. The summed E-state index contributed by atoms with van der Waals surface area (Å²) in [5.41, 5.74) is 1.73. The molecule has 23 heavy (non-hydrogen) atoms. The lowest BCUT2D eigenvalue weighted by Crippen LogP contribution is -2.41. The van der Waals surface area contributed by atoms with Crippen molar-refractivity contribution < 1.29 is 9.59 Å². The largest absolute Gasteiger partial charge is 0.349 e. The van der Waals surface area contributed by atoms with Crippen LogP contribution in [0.25, 0.3) is 0 Å². The van der Waals surface area contributed by atoms with E-state index >= 15 is 0 Å². The first-order valence-corrected chi connectivity index (χ1v) is 8.81. The van der Waals surface area contributed by atoms with Crippen LogP contribution in [0.2, 0.25) is 0 Å². The van der Waals surface area contributed by atoms with Gasteiger partial charge >= 0.3 is 0 Å². The van der Waals surface area contributed by atoms with E-state index in [0.717, 1.165) is 24.9 Å². The summed E-state index contributed by atoms with van der Waals surface area (Å²) in [6.07, 6.45) is 6.34. The standard InChI is InChI=1S/C19H26N2O2/c1-14-6-2-3-9-17(14)20-19(23)16-8-4-7-15(12-16)13-21-11-5-10-18(21)22/h4,7-8,12,14,17H,2-3,5-6,9-11,13H2,1H3,(H,20,23)/t14-,17+/m1/s1. The van der Waals surface area contributed by atoms with Crippen LogP contribution < -0.4 is 5.32 Å². The maximum Gasteiger partial charge on any atom is 0.251 e. The van der Waals surface area contributed by atoms with Crippen LogP contribution in [0.1, 0.15) is 61.4 Å². The Hall–Kier alpha value is -1.84. The van der Waals surface area contributed by atoms with Crippen LogP contribution in [0.5, 0.6) is 0 Å². The van der Waals surface area contributed by atoms with Gasteiger partial charge in [0.2, 0.25) is 5.91 Å². The zero-order chi connectivity index (χ0) is 16.2. The molecule has 1 N–H and O–H groups in total. The third-order valence-electron chi connectivity index (χ3n) is 5.16. The van der Waals surface area contributed by atoms with Gasteiger partial charge in [-0.1, -0.05) is 31.9 Å². The first kappa shape index (κ1) is 16.0. The fourth-order valence-electron chi connectivity index (χ4n) is 3.68. The number of amides is 2.